The van der Waals surface area contributed by atoms with Crippen LogP contribution in [0.3, 0.4) is 0 Å². The first-order valence-corrected chi connectivity index (χ1v) is 7.52. The lowest BCUT2D eigenvalue weighted by atomic mass is 9.96. The third kappa shape index (κ3) is 3.10. The van der Waals surface area contributed by atoms with Crippen LogP contribution in [0.25, 0.3) is 0 Å². The second-order valence-corrected chi connectivity index (χ2v) is 5.59. The standard InChI is InChI=1S/C16H18ClN3/c17-13-7-5-12(6-8-13)9-10-18-16-14-3-1-2-4-15(14)19-11-20-16/h5-8,11H,1-4,9-10H2,(H,18,19,20). The van der Waals surface area contributed by atoms with E-state index in [9.17, 15) is 0 Å². The number of halogens is 1. The molecule has 1 aromatic heterocycles. The van der Waals surface area contributed by atoms with Gasteiger partial charge in [0.2, 0.25) is 0 Å². The molecule has 1 aliphatic carbocycles. The SMILES string of the molecule is Clc1ccc(CCNc2ncnc3c2CCCC3)cc1. The Balaban J connectivity index is 1.62. The molecule has 3 rings (SSSR count). The highest BCUT2D eigenvalue weighted by Crippen LogP contribution is 2.24. The summed E-state index contributed by atoms with van der Waals surface area (Å²) in [6.45, 7) is 0.880. The molecule has 0 fully saturated rings. The highest BCUT2D eigenvalue weighted by atomic mass is 35.5. The predicted molar refractivity (Wildman–Crippen MR) is 82.3 cm³/mol. The molecule has 0 radical (unpaired) electrons. The van der Waals surface area contributed by atoms with Crippen LogP contribution in [0.15, 0.2) is 30.6 Å². The van der Waals surface area contributed by atoms with E-state index in [0.717, 1.165) is 36.6 Å². The van der Waals surface area contributed by atoms with E-state index in [4.69, 9.17) is 11.6 Å². The molecule has 0 unspecified atom stereocenters. The molecule has 0 amide bonds. The van der Waals surface area contributed by atoms with Crippen LogP contribution in [0.1, 0.15) is 29.7 Å². The second-order valence-electron chi connectivity index (χ2n) is 5.16. The van der Waals surface area contributed by atoms with Crippen LogP contribution in [-0.4, -0.2) is 16.5 Å². The van der Waals surface area contributed by atoms with Crippen molar-refractivity contribution in [2.75, 3.05) is 11.9 Å². The number of aryl methyl sites for hydroxylation is 1. The van der Waals surface area contributed by atoms with Gasteiger partial charge in [0.15, 0.2) is 0 Å². The third-order valence-electron chi connectivity index (χ3n) is 3.74. The molecule has 1 aliphatic rings. The third-order valence-corrected chi connectivity index (χ3v) is 4.00. The summed E-state index contributed by atoms with van der Waals surface area (Å²) in [6, 6.07) is 8.01. The van der Waals surface area contributed by atoms with Gasteiger partial charge >= 0.3 is 0 Å². The molecule has 104 valence electrons. The van der Waals surface area contributed by atoms with Gasteiger partial charge in [-0.05, 0) is 49.8 Å². The summed E-state index contributed by atoms with van der Waals surface area (Å²) in [6.07, 6.45) is 7.31. The first-order chi connectivity index (χ1) is 9.83. The van der Waals surface area contributed by atoms with E-state index in [-0.39, 0.29) is 0 Å². The fourth-order valence-electron chi connectivity index (χ4n) is 2.65. The van der Waals surface area contributed by atoms with E-state index >= 15 is 0 Å². The highest BCUT2D eigenvalue weighted by Gasteiger charge is 2.14. The normalized spacial score (nSPS) is 13.8. The summed E-state index contributed by atoms with van der Waals surface area (Å²) in [4.78, 5) is 8.78. The first kappa shape index (κ1) is 13.4. The number of hydrogen-bond acceptors (Lipinski definition) is 3. The Labute approximate surface area is 124 Å². The van der Waals surface area contributed by atoms with Crippen LogP contribution in [-0.2, 0) is 19.3 Å². The molecule has 0 saturated heterocycles. The molecule has 0 spiro atoms. The van der Waals surface area contributed by atoms with Crippen LogP contribution in [0.2, 0.25) is 5.02 Å². The van der Waals surface area contributed by atoms with Crippen molar-refractivity contribution in [3.63, 3.8) is 0 Å². The van der Waals surface area contributed by atoms with Gasteiger partial charge in [-0.15, -0.1) is 0 Å². The lowest BCUT2D eigenvalue weighted by Crippen LogP contribution is -2.13. The molecule has 20 heavy (non-hydrogen) atoms. The van der Waals surface area contributed by atoms with E-state index in [2.05, 4.69) is 27.4 Å². The van der Waals surface area contributed by atoms with Gasteiger partial charge in [0.05, 0.1) is 0 Å². The van der Waals surface area contributed by atoms with E-state index in [1.54, 1.807) is 6.33 Å². The Morgan fingerprint density at radius 2 is 1.85 bits per heavy atom. The number of aromatic nitrogens is 2. The molecule has 0 bridgehead atoms. The van der Waals surface area contributed by atoms with Crippen LogP contribution in [0, 0.1) is 0 Å². The van der Waals surface area contributed by atoms with Crippen molar-refractivity contribution in [2.24, 2.45) is 0 Å². The molecule has 0 atom stereocenters. The summed E-state index contributed by atoms with van der Waals surface area (Å²) >= 11 is 5.89. The van der Waals surface area contributed by atoms with Crippen LogP contribution < -0.4 is 5.32 Å². The fraction of sp³-hybridized carbons (Fsp3) is 0.375. The Morgan fingerprint density at radius 3 is 2.70 bits per heavy atom. The van der Waals surface area contributed by atoms with E-state index < -0.39 is 0 Å². The van der Waals surface area contributed by atoms with Gasteiger partial charge in [-0.2, -0.15) is 0 Å². The summed E-state index contributed by atoms with van der Waals surface area (Å²) in [5.41, 5.74) is 3.82. The molecule has 0 saturated carbocycles. The van der Waals surface area contributed by atoms with Crippen molar-refractivity contribution in [3.8, 4) is 0 Å². The predicted octanol–water partition coefficient (Wildman–Crippen LogP) is 3.66. The number of rotatable bonds is 4. The molecule has 3 nitrogen and oxygen atoms in total. The lowest BCUT2D eigenvalue weighted by Gasteiger charge is -2.18. The maximum absolute atomic E-state index is 5.89. The molecule has 0 aliphatic heterocycles. The zero-order valence-electron chi connectivity index (χ0n) is 11.4. The Hall–Kier alpha value is -1.61. The Kier molecular flexibility index (Phi) is 4.16. The van der Waals surface area contributed by atoms with E-state index in [0.29, 0.717) is 0 Å². The maximum atomic E-state index is 5.89. The van der Waals surface area contributed by atoms with Crippen molar-refractivity contribution in [2.45, 2.75) is 32.1 Å². The van der Waals surface area contributed by atoms with Crippen LogP contribution in [0.4, 0.5) is 5.82 Å². The quantitative estimate of drug-likeness (QED) is 0.932. The zero-order chi connectivity index (χ0) is 13.8. The topological polar surface area (TPSA) is 37.8 Å². The van der Waals surface area contributed by atoms with Gasteiger partial charge in [0.25, 0.3) is 0 Å². The number of nitrogens with zero attached hydrogens (tertiary/aromatic N) is 2. The zero-order valence-corrected chi connectivity index (χ0v) is 12.2. The minimum Gasteiger partial charge on any atom is -0.369 e. The number of nitrogens with one attached hydrogen (secondary N) is 1. The van der Waals surface area contributed by atoms with Gasteiger partial charge in [0, 0.05) is 22.8 Å². The highest BCUT2D eigenvalue weighted by molar-refractivity contribution is 6.30. The van der Waals surface area contributed by atoms with Crippen molar-refractivity contribution in [3.05, 3.63) is 52.4 Å². The minimum absolute atomic E-state index is 0.784. The molecule has 4 heteroatoms. The van der Waals surface area contributed by atoms with Gasteiger partial charge in [0.1, 0.15) is 12.1 Å². The summed E-state index contributed by atoms with van der Waals surface area (Å²) in [7, 11) is 0. The lowest BCUT2D eigenvalue weighted by molar-refractivity contribution is 0.663. The van der Waals surface area contributed by atoms with Crippen LogP contribution in [0.5, 0.6) is 0 Å². The van der Waals surface area contributed by atoms with Gasteiger partial charge in [-0.1, -0.05) is 23.7 Å². The van der Waals surface area contributed by atoms with Gasteiger partial charge in [-0.3, -0.25) is 0 Å². The molecular weight excluding hydrogens is 270 g/mol. The van der Waals surface area contributed by atoms with Gasteiger partial charge in [-0.25, -0.2) is 9.97 Å². The molecule has 1 aromatic carbocycles. The summed E-state index contributed by atoms with van der Waals surface area (Å²) in [5, 5.41) is 4.24. The molecule has 2 aromatic rings. The Bertz CT molecular complexity index is 581. The number of fused-ring (bicyclic) bond motifs is 1. The summed E-state index contributed by atoms with van der Waals surface area (Å²) in [5.74, 6) is 1.02. The smallest absolute Gasteiger partial charge is 0.132 e. The van der Waals surface area contributed by atoms with Crippen molar-refractivity contribution in [1.82, 2.24) is 9.97 Å². The monoisotopic (exact) mass is 287 g/mol. The number of benzene rings is 1. The average molecular weight is 288 g/mol. The maximum Gasteiger partial charge on any atom is 0.132 e. The second kappa shape index (κ2) is 6.23. The molecule has 1 heterocycles. The summed E-state index contributed by atoms with van der Waals surface area (Å²) < 4.78 is 0. The molecule has 1 N–H and O–H groups in total. The van der Waals surface area contributed by atoms with Gasteiger partial charge < -0.3 is 5.32 Å². The van der Waals surface area contributed by atoms with Crippen molar-refractivity contribution >= 4 is 17.4 Å². The van der Waals surface area contributed by atoms with Crippen molar-refractivity contribution < 1.29 is 0 Å². The average Bonchev–Trinajstić information content (AvgIpc) is 2.49. The van der Waals surface area contributed by atoms with Crippen molar-refractivity contribution in [1.29, 1.82) is 0 Å². The number of hydrogen-bond donors (Lipinski definition) is 1. The largest absolute Gasteiger partial charge is 0.369 e. The fourth-order valence-corrected chi connectivity index (χ4v) is 2.78. The van der Waals surface area contributed by atoms with E-state index in [1.807, 2.05) is 12.1 Å². The molecular formula is C16H18ClN3. The van der Waals surface area contributed by atoms with E-state index in [1.165, 1.54) is 29.7 Å². The van der Waals surface area contributed by atoms with Crippen LogP contribution >= 0.6 is 11.6 Å². The first-order valence-electron chi connectivity index (χ1n) is 7.14. The number of anilines is 1. The Morgan fingerprint density at radius 1 is 1.05 bits per heavy atom. The minimum atomic E-state index is 0.784.